The Bertz CT molecular complexity index is 244. The lowest BCUT2D eigenvalue weighted by atomic mass is 10.3. The van der Waals surface area contributed by atoms with Crippen LogP contribution >= 0.6 is 11.6 Å². The van der Waals surface area contributed by atoms with Crippen molar-refractivity contribution in [2.75, 3.05) is 5.88 Å². The Morgan fingerprint density at radius 1 is 1.33 bits per heavy atom. The molecule has 4 heteroatoms. The van der Waals surface area contributed by atoms with E-state index in [-0.39, 0.29) is 0 Å². The van der Waals surface area contributed by atoms with Gasteiger partial charge in [0, 0.05) is 25.8 Å². The first-order chi connectivity index (χ1) is 5.79. The summed E-state index contributed by atoms with van der Waals surface area (Å²) in [5.41, 5.74) is 0. The van der Waals surface area contributed by atoms with Crippen LogP contribution in [0.5, 0.6) is 0 Å². The molecule has 3 nitrogen and oxygen atoms in total. The van der Waals surface area contributed by atoms with E-state index in [0.717, 1.165) is 30.9 Å². The summed E-state index contributed by atoms with van der Waals surface area (Å²) in [5, 5.41) is 8.14. The monoisotopic (exact) mass is 187 g/mol. The summed E-state index contributed by atoms with van der Waals surface area (Å²) in [5.74, 6) is 2.76. The van der Waals surface area contributed by atoms with E-state index in [4.69, 9.17) is 11.6 Å². The Balaban J connectivity index is 2.66. The molecule has 0 aliphatic rings. The lowest BCUT2D eigenvalue weighted by Crippen LogP contribution is -2.01. The number of rotatable bonds is 4. The van der Waals surface area contributed by atoms with Gasteiger partial charge in [-0.1, -0.05) is 6.92 Å². The van der Waals surface area contributed by atoms with E-state index < -0.39 is 0 Å². The van der Waals surface area contributed by atoms with Crippen LogP contribution < -0.4 is 0 Å². The maximum absolute atomic E-state index is 5.59. The molecule has 0 radical (unpaired) electrons. The molecule has 0 spiro atoms. The third-order valence-electron chi connectivity index (χ3n) is 1.91. The predicted molar refractivity (Wildman–Crippen MR) is 49.4 cm³/mol. The van der Waals surface area contributed by atoms with Crippen molar-refractivity contribution in [1.29, 1.82) is 0 Å². The molecule has 0 aromatic carbocycles. The molecule has 0 bridgehead atoms. The zero-order valence-corrected chi connectivity index (χ0v) is 8.30. The number of hydrogen-bond donors (Lipinski definition) is 0. The molecule has 1 aromatic heterocycles. The van der Waals surface area contributed by atoms with Crippen LogP contribution in [-0.2, 0) is 19.9 Å². The molecule has 68 valence electrons. The van der Waals surface area contributed by atoms with Crippen molar-refractivity contribution in [2.24, 2.45) is 7.05 Å². The molecule has 0 N–H and O–H groups in total. The van der Waals surface area contributed by atoms with Crippen LogP contribution in [0.4, 0.5) is 0 Å². The number of alkyl halides is 1. The summed E-state index contributed by atoms with van der Waals surface area (Å²) in [4.78, 5) is 0. The van der Waals surface area contributed by atoms with E-state index >= 15 is 0 Å². The van der Waals surface area contributed by atoms with Crippen molar-refractivity contribution < 1.29 is 0 Å². The molecular formula is C8H14ClN3. The van der Waals surface area contributed by atoms with E-state index in [0.29, 0.717) is 5.88 Å². The number of aryl methyl sites for hydroxylation is 2. The molecule has 0 aliphatic carbocycles. The summed E-state index contributed by atoms with van der Waals surface area (Å²) in [7, 11) is 2.00. The van der Waals surface area contributed by atoms with Crippen LogP contribution in [0.1, 0.15) is 25.0 Å². The van der Waals surface area contributed by atoms with Crippen LogP contribution in [-0.4, -0.2) is 20.6 Å². The maximum atomic E-state index is 5.59. The Morgan fingerprint density at radius 3 is 2.50 bits per heavy atom. The van der Waals surface area contributed by atoms with Crippen molar-refractivity contribution in [3.05, 3.63) is 11.6 Å². The molecule has 0 saturated carbocycles. The lowest BCUT2D eigenvalue weighted by molar-refractivity contribution is 0.732. The minimum Gasteiger partial charge on any atom is -0.318 e. The first kappa shape index (κ1) is 9.52. The number of aromatic nitrogens is 3. The molecule has 12 heavy (non-hydrogen) atoms. The van der Waals surface area contributed by atoms with Crippen LogP contribution in [0.15, 0.2) is 0 Å². The first-order valence-corrected chi connectivity index (χ1v) is 4.76. The van der Waals surface area contributed by atoms with Crippen molar-refractivity contribution in [2.45, 2.75) is 26.2 Å². The molecule has 0 unspecified atom stereocenters. The minimum absolute atomic E-state index is 0.689. The van der Waals surface area contributed by atoms with E-state index in [2.05, 4.69) is 17.1 Å². The fraction of sp³-hybridized carbons (Fsp3) is 0.750. The zero-order valence-electron chi connectivity index (χ0n) is 7.55. The average Bonchev–Trinajstić information content (AvgIpc) is 2.43. The Kier molecular flexibility index (Phi) is 3.53. The summed E-state index contributed by atoms with van der Waals surface area (Å²) >= 11 is 5.59. The highest BCUT2D eigenvalue weighted by atomic mass is 35.5. The van der Waals surface area contributed by atoms with Crippen LogP contribution in [0.25, 0.3) is 0 Å². The van der Waals surface area contributed by atoms with Gasteiger partial charge >= 0.3 is 0 Å². The summed E-state index contributed by atoms with van der Waals surface area (Å²) < 4.78 is 2.05. The van der Waals surface area contributed by atoms with E-state index in [1.807, 2.05) is 11.6 Å². The first-order valence-electron chi connectivity index (χ1n) is 4.22. The van der Waals surface area contributed by atoms with Crippen LogP contribution in [0, 0.1) is 0 Å². The van der Waals surface area contributed by atoms with Gasteiger partial charge in [-0.25, -0.2) is 0 Å². The van der Waals surface area contributed by atoms with E-state index in [9.17, 15) is 0 Å². The van der Waals surface area contributed by atoms with Gasteiger partial charge < -0.3 is 4.57 Å². The highest BCUT2D eigenvalue weighted by Crippen LogP contribution is 2.03. The van der Waals surface area contributed by atoms with Gasteiger partial charge in [0.25, 0.3) is 0 Å². The van der Waals surface area contributed by atoms with Crippen molar-refractivity contribution in [1.82, 2.24) is 14.8 Å². The van der Waals surface area contributed by atoms with Gasteiger partial charge in [0.05, 0.1) is 0 Å². The van der Waals surface area contributed by atoms with Crippen molar-refractivity contribution >= 4 is 11.6 Å². The molecule has 0 aliphatic heterocycles. The molecular weight excluding hydrogens is 174 g/mol. The molecule has 0 amide bonds. The molecule has 1 aromatic rings. The molecule has 1 rings (SSSR count). The number of hydrogen-bond acceptors (Lipinski definition) is 2. The molecule has 0 atom stereocenters. The molecule has 0 saturated heterocycles. The smallest absolute Gasteiger partial charge is 0.132 e. The normalized spacial score (nSPS) is 10.6. The third kappa shape index (κ3) is 1.97. The highest BCUT2D eigenvalue weighted by Gasteiger charge is 2.05. The van der Waals surface area contributed by atoms with E-state index in [1.54, 1.807) is 0 Å². The van der Waals surface area contributed by atoms with Crippen molar-refractivity contribution in [3.8, 4) is 0 Å². The van der Waals surface area contributed by atoms with Gasteiger partial charge in [0.15, 0.2) is 0 Å². The second kappa shape index (κ2) is 4.45. The zero-order chi connectivity index (χ0) is 8.97. The van der Waals surface area contributed by atoms with Gasteiger partial charge in [-0.15, -0.1) is 21.8 Å². The molecule has 0 fully saturated rings. The lowest BCUT2D eigenvalue weighted by Gasteiger charge is -2.00. The number of halogens is 1. The highest BCUT2D eigenvalue weighted by molar-refractivity contribution is 6.17. The topological polar surface area (TPSA) is 30.7 Å². The summed E-state index contributed by atoms with van der Waals surface area (Å²) in [6.45, 7) is 2.08. The standard InChI is InChI=1S/C8H14ClN3/c1-3-7-10-11-8(12(7)2)5-4-6-9/h3-6H2,1-2H3. The van der Waals surface area contributed by atoms with Crippen molar-refractivity contribution in [3.63, 3.8) is 0 Å². The quantitative estimate of drug-likeness (QED) is 0.670. The predicted octanol–water partition coefficient (Wildman–Crippen LogP) is 1.55. The van der Waals surface area contributed by atoms with Gasteiger partial charge in [-0.2, -0.15) is 0 Å². The third-order valence-corrected chi connectivity index (χ3v) is 2.17. The largest absolute Gasteiger partial charge is 0.318 e. The van der Waals surface area contributed by atoms with Gasteiger partial charge in [-0.05, 0) is 6.42 Å². The SMILES string of the molecule is CCc1nnc(CCCCl)n1C. The van der Waals surface area contributed by atoms with E-state index in [1.165, 1.54) is 0 Å². The fourth-order valence-corrected chi connectivity index (χ4v) is 1.28. The van der Waals surface area contributed by atoms with Gasteiger partial charge in [-0.3, -0.25) is 0 Å². The number of nitrogens with zero attached hydrogens (tertiary/aromatic N) is 3. The van der Waals surface area contributed by atoms with Gasteiger partial charge in [0.1, 0.15) is 11.6 Å². The Hall–Kier alpha value is -0.570. The second-order valence-corrected chi connectivity index (χ2v) is 3.12. The average molecular weight is 188 g/mol. The summed E-state index contributed by atoms with van der Waals surface area (Å²) in [6, 6.07) is 0. The van der Waals surface area contributed by atoms with Gasteiger partial charge in [0.2, 0.25) is 0 Å². The van der Waals surface area contributed by atoms with Crippen LogP contribution in [0.3, 0.4) is 0 Å². The minimum atomic E-state index is 0.689. The van der Waals surface area contributed by atoms with Crippen LogP contribution in [0.2, 0.25) is 0 Å². The Labute approximate surface area is 77.8 Å². The maximum Gasteiger partial charge on any atom is 0.132 e. The Morgan fingerprint density at radius 2 is 2.00 bits per heavy atom. The second-order valence-electron chi connectivity index (χ2n) is 2.74. The summed E-state index contributed by atoms with van der Waals surface area (Å²) in [6.07, 6.45) is 2.83. The fourth-order valence-electron chi connectivity index (χ4n) is 1.15. The molecule has 1 heterocycles.